The lowest BCUT2D eigenvalue weighted by atomic mass is 10.1. The number of methoxy groups -OCH3 is 1. The third-order valence-corrected chi connectivity index (χ3v) is 2.85. The molecule has 1 aliphatic rings. The third kappa shape index (κ3) is 4.04. The minimum atomic E-state index is 0.375. The summed E-state index contributed by atoms with van der Waals surface area (Å²) >= 11 is 3.49. The van der Waals surface area contributed by atoms with Crippen LogP contribution in [0.3, 0.4) is 0 Å². The zero-order valence-corrected chi connectivity index (χ0v) is 10.6. The fourth-order valence-electron chi connectivity index (χ4n) is 1.45. The van der Waals surface area contributed by atoms with Crippen LogP contribution in [0, 0.1) is 6.92 Å². The van der Waals surface area contributed by atoms with Crippen LogP contribution >= 0.6 is 15.9 Å². The standard InChI is InChI=1S/C10H11Br.C2H4O2/c1-7-2-5-9(11)6-10(7)8-3-4-8;1-4-2-3/h2,5-6,8H,3-4H2,1H3;2H,1H3. The number of benzene rings is 1. The maximum atomic E-state index is 8.95. The average Bonchev–Trinajstić information content (AvgIpc) is 3.06. The van der Waals surface area contributed by atoms with Crippen molar-refractivity contribution in [1.29, 1.82) is 0 Å². The van der Waals surface area contributed by atoms with Gasteiger partial charge in [0.15, 0.2) is 0 Å². The van der Waals surface area contributed by atoms with E-state index >= 15 is 0 Å². The van der Waals surface area contributed by atoms with Crippen LogP contribution in [0.2, 0.25) is 0 Å². The van der Waals surface area contributed by atoms with Crippen LogP contribution in [-0.2, 0) is 9.53 Å². The molecule has 15 heavy (non-hydrogen) atoms. The van der Waals surface area contributed by atoms with Gasteiger partial charge in [0, 0.05) is 4.47 Å². The Kier molecular flexibility index (Phi) is 4.82. The minimum absolute atomic E-state index is 0.375. The van der Waals surface area contributed by atoms with Crippen LogP contribution in [0.4, 0.5) is 0 Å². The number of rotatable bonds is 2. The Hall–Kier alpha value is -0.830. The van der Waals surface area contributed by atoms with Crippen molar-refractivity contribution in [3.05, 3.63) is 33.8 Å². The summed E-state index contributed by atoms with van der Waals surface area (Å²) in [6, 6.07) is 6.56. The highest BCUT2D eigenvalue weighted by atomic mass is 79.9. The number of ether oxygens (including phenoxy) is 1. The molecule has 2 rings (SSSR count). The van der Waals surface area contributed by atoms with E-state index in [4.69, 9.17) is 4.79 Å². The third-order valence-electron chi connectivity index (χ3n) is 2.35. The molecule has 0 amide bonds. The van der Waals surface area contributed by atoms with Gasteiger partial charge in [-0.25, -0.2) is 0 Å². The predicted molar refractivity (Wildman–Crippen MR) is 63.9 cm³/mol. The molecular formula is C12H15BrO2. The second-order valence-electron chi connectivity index (χ2n) is 3.61. The molecule has 1 saturated carbocycles. The van der Waals surface area contributed by atoms with Gasteiger partial charge in [0.1, 0.15) is 0 Å². The van der Waals surface area contributed by atoms with E-state index in [-0.39, 0.29) is 0 Å². The average molecular weight is 271 g/mol. The van der Waals surface area contributed by atoms with Crippen LogP contribution in [-0.4, -0.2) is 13.6 Å². The van der Waals surface area contributed by atoms with E-state index in [1.54, 1.807) is 5.56 Å². The molecule has 0 heterocycles. The molecule has 1 aromatic carbocycles. The molecule has 0 aromatic heterocycles. The molecule has 1 aromatic rings. The highest BCUT2D eigenvalue weighted by Crippen LogP contribution is 2.42. The fourth-order valence-corrected chi connectivity index (χ4v) is 1.82. The quantitative estimate of drug-likeness (QED) is 0.770. The Bertz CT molecular complexity index is 332. The molecule has 0 spiro atoms. The van der Waals surface area contributed by atoms with Gasteiger partial charge in [0.25, 0.3) is 6.47 Å². The highest BCUT2D eigenvalue weighted by Gasteiger charge is 2.24. The lowest BCUT2D eigenvalue weighted by Gasteiger charge is -2.03. The van der Waals surface area contributed by atoms with E-state index < -0.39 is 0 Å². The van der Waals surface area contributed by atoms with E-state index in [2.05, 4.69) is 45.8 Å². The van der Waals surface area contributed by atoms with Crippen LogP contribution in [0.15, 0.2) is 22.7 Å². The van der Waals surface area contributed by atoms with E-state index in [1.807, 2.05) is 0 Å². The summed E-state index contributed by atoms with van der Waals surface area (Å²) in [5, 5.41) is 0. The number of carbonyl (C=O) groups excluding carboxylic acids is 1. The summed E-state index contributed by atoms with van der Waals surface area (Å²) in [4.78, 5) is 8.95. The smallest absolute Gasteiger partial charge is 0.292 e. The number of hydrogen-bond acceptors (Lipinski definition) is 2. The van der Waals surface area contributed by atoms with Crippen molar-refractivity contribution in [2.45, 2.75) is 25.7 Å². The molecule has 0 saturated heterocycles. The molecule has 1 fully saturated rings. The largest absolute Gasteiger partial charge is 0.471 e. The maximum Gasteiger partial charge on any atom is 0.292 e. The molecule has 0 aliphatic heterocycles. The van der Waals surface area contributed by atoms with E-state index in [1.165, 1.54) is 30.0 Å². The molecule has 1 aliphatic carbocycles. The van der Waals surface area contributed by atoms with Gasteiger partial charge in [-0.05, 0) is 48.9 Å². The van der Waals surface area contributed by atoms with Crippen molar-refractivity contribution >= 4 is 22.4 Å². The number of carbonyl (C=O) groups is 1. The topological polar surface area (TPSA) is 26.3 Å². The first kappa shape index (κ1) is 12.2. The van der Waals surface area contributed by atoms with E-state index in [9.17, 15) is 0 Å². The van der Waals surface area contributed by atoms with Gasteiger partial charge < -0.3 is 4.74 Å². The zero-order valence-electron chi connectivity index (χ0n) is 9.00. The van der Waals surface area contributed by atoms with Crippen molar-refractivity contribution in [3.8, 4) is 0 Å². The van der Waals surface area contributed by atoms with Crippen LogP contribution < -0.4 is 0 Å². The van der Waals surface area contributed by atoms with Gasteiger partial charge in [-0.1, -0.05) is 22.0 Å². The van der Waals surface area contributed by atoms with Crippen molar-refractivity contribution in [3.63, 3.8) is 0 Å². The van der Waals surface area contributed by atoms with Gasteiger partial charge in [-0.2, -0.15) is 0 Å². The minimum Gasteiger partial charge on any atom is -0.471 e. The molecule has 0 atom stereocenters. The Morgan fingerprint density at radius 2 is 2.07 bits per heavy atom. The van der Waals surface area contributed by atoms with Gasteiger partial charge >= 0.3 is 0 Å². The summed E-state index contributed by atoms with van der Waals surface area (Å²) in [5.74, 6) is 0.868. The van der Waals surface area contributed by atoms with E-state index in [0.717, 1.165) is 5.92 Å². The molecule has 2 nitrogen and oxygen atoms in total. The zero-order chi connectivity index (χ0) is 11.3. The molecule has 0 unspecified atom stereocenters. The first-order valence-corrected chi connectivity index (χ1v) is 5.70. The number of halogens is 1. The Morgan fingerprint density at radius 1 is 1.47 bits per heavy atom. The molecule has 0 radical (unpaired) electrons. The van der Waals surface area contributed by atoms with Crippen molar-refractivity contribution in [2.24, 2.45) is 0 Å². The normalized spacial score (nSPS) is 13.8. The first-order chi connectivity index (χ1) is 7.19. The van der Waals surface area contributed by atoms with Crippen LogP contribution in [0.25, 0.3) is 0 Å². The fraction of sp³-hybridized carbons (Fsp3) is 0.417. The maximum absolute atomic E-state index is 8.95. The number of aryl methyl sites for hydroxylation is 1. The lowest BCUT2D eigenvalue weighted by Crippen LogP contribution is -1.84. The van der Waals surface area contributed by atoms with Crippen molar-refractivity contribution < 1.29 is 9.53 Å². The van der Waals surface area contributed by atoms with Crippen LogP contribution in [0.1, 0.15) is 29.9 Å². The highest BCUT2D eigenvalue weighted by molar-refractivity contribution is 9.10. The Morgan fingerprint density at radius 3 is 2.53 bits per heavy atom. The second kappa shape index (κ2) is 5.91. The van der Waals surface area contributed by atoms with Crippen LogP contribution in [0.5, 0.6) is 0 Å². The van der Waals surface area contributed by atoms with Gasteiger partial charge in [-0.3, -0.25) is 4.79 Å². The summed E-state index contributed by atoms with van der Waals surface area (Å²) in [6.45, 7) is 2.57. The molecule has 0 bridgehead atoms. The molecule has 3 heteroatoms. The molecular weight excluding hydrogens is 256 g/mol. The summed E-state index contributed by atoms with van der Waals surface area (Å²) < 4.78 is 5.07. The molecule has 0 N–H and O–H groups in total. The predicted octanol–water partition coefficient (Wildman–Crippen LogP) is 3.42. The second-order valence-corrected chi connectivity index (χ2v) is 4.52. The summed E-state index contributed by atoms with van der Waals surface area (Å²) in [7, 11) is 1.31. The Balaban J connectivity index is 0.000000245. The summed E-state index contributed by atoms with van der Waals surface area (Å²) in [6.07, 6.45) is 2.77. The monoisotopic (exact) mass is 270 g/mol. The lowest BCUT2D eigenvalue weighted by molar-refractivity contribution is -0.126. The van der Waals surface area contributed by atoms with Crippen molar-refractivity contribution in [1.82, 2.24) is 0 Å². The Labute approximate surface area is 98.8 Å². The van der Waals surface area contributed by atoms with Gasteiger partial charge in [0.2, 0.25) is 0 Å². The summed E-state index contributed by atoms with van der Waals surface area (Å²) in [5.41, 5.74) is 2.98. The van der Waals surface area contributed by atoms with Gasteiger partial charge in [0.05, 0.1) is 7.11 Å². The number of hydrogen-bond donors (Lipinski definition) is 0. The van der Waals surface area contributed by atoms with Crippen molar-refractivity contribution in [2.75, 3.05) is 7.11 Å². The SMILES string of the molecule is COC=O.Cc1ccc(Br)cc1C1CC1. The molecule has 82 valence electrons. The first-order valence-electron chi connectivity index (χ1n) is 4.91. The van der Waals surface area contributed by atoms with E-state index in [0.29, 0.717) is 6.47 Å². The van der Waals surface area contributed by atoms with Gasteiger partial charge in [-0.15, -0.1) is 0 Å².